The van der Waals surface area contributed by atoms with Gasteiger partial charge in [0.25, 0.3) is 5.91 Å². The van der Waals surface area contributed by atoms with Crippen LogP contribution < -0.4 is 10.1 Å². The van der Waals surface area contributed by atoms with Gasteiger partial charge in [0.15, 0.2) is 6.10 Å². The molecule has 5 nitrogen and oxygen atoms in total. The lowest BCUT2D eigenvalue weighted by molar-refractivity contribution is -0.122. The predicted molar refractivity (Wildman–Crippen MR) is 106 cm³/mol. The number of benzene rings is 1. The molecule has 2 rings (SSSR count). The topological polar surface area (TPSA) is 56.1 Å². The molecule has 0 aliphatic heterocycles. The fourth-order valence-electron chi connectivity index (χ4n) is 2.36. The van der Waals surface area contributed by atoms with E-state index in [0.717, 1.165) is 5.69 Å². The second kappa shape index (κ2) is 7.31. The standard InChI is InChI=1S/C20H28ClN3O2/c1-13(26-15-11-9-8-10-14(15)21)18(25)22-17-12-16(19(2,3)4)23-24(17)20(5,6)7/h8-13H,1-7H3,(H,22,25). The molecule has 26 heavy (non-hydrogen) atoms. The molecule has 0 aliphatic carbocycles. The summed E-state index contributed by atoms with van der Waals surface area (Å²) in [6.07, 6.45) is -0.698. The van der Waals surface area contributed by atoms with Crippen molar-refractivity contribution in [1.29, 1.82) is 0 Å². The monoisotopic (exact) mass is 377 g/mol. The van der Waals surface area contributed by atoms with Gasteiger partial charge in [-0.15, -0.1) is 0 Å². The van der Waals surface area contributed by atoms with Crippen LogP contribution in [0.3, 0.4) is 0 Å². The van der Waals surface area contributed by atoms with E-state index in [0.29, 0.717) is 16.6 Å². The number of carbonyl (C=O) groups excluding carboxylic acids is 1. The van der Waals surface area contributed by atoms with Gasteiger partial charge >= 0.3 is 0 Å². The highest BCUT2D eigenvalue weighted by Gasteiger charge is 2.27. The van der Waals surface area contributed by atoms with Crippen LogP contribution >= 0.6 is 11.6 Å². The third kappa shape index (κ3) is 4.79. The predicted octanol–water partition coefficient (Wildman–Crippen LogP) is 5.00. The Labute approximate surface area is 160 Å². The molecule has 1 unspecified atom stereocenters. The van der Waals surface area contributed by atoms with Gasteiger partial charge in [-0.1, -0.05) is 44.5 Å². The van der Waals surface area contributed by atoms with Gasteiger partial charge in [0.05, 0.1) is 16.3 Å². The minimum Gasteiger partial charge on any atom is -0.479 e. The number of nitrogens with one attached hydrogen (secondary N) is 1. The van der Waals surface area contributed by atoms with Crippen molar-refractivity contribution in [1.82, 2.24) is 9.78 Å². The van der Waals surface area contributed by atoms with Crippen LogP contribution in [0, 0.1) is 0 Å². The summed E-state index contributed by atoms with van der Waals surface area (Å²) in [4.78, 5) is 12.6. The molecule has 0 saturated carbocycles. The first-order valence-corrected chi connectivity index (χ1v) is 9.10. The maximum Gasteiger partial charge on any atom is 0.266 e. The SMILES string of the molecule is CC(Oc1ccccc1Cl)C(=O)Nc1cc(C(C)(C)C)nn1C(C)(C)C. The third-order valence-corrected chi connectivity index (χ3v) is 4.19. The number of amides is 1. The molecule has 2 aromatic rings. The number of nitrogens with zero attached hydrogens (tertiary/aromatic N) is 2. The van der Waals surface area contributed by atoms with Crippen molar-refractivity contribution in [2.45, 2.75) is 65.5 Å². The Bertz CT molecular complexity index is 785. The van der Waals surface area contributed by atoms with Gasteiger partial charge in [0.1, 0.15) is 11.6 Å². The lowest BCUT2D eigenvalue weighted by Gasteiger charge is -2.23. The smallest absolute Gasteiger partial charge is 0.266 e. The number of carbonyl (C=O) groups is 1. The molecule has 0 fully saturated rings. The summed E-state index contributed by atoms with van der Waals surface area (Å²) in [5.74, 6) is 0.884. The van der Waals surface area contributed by atoms with Crippen LogP contribution in [0.15, 0.2) is 30.3 Å². The van der Waals surface area contributed by atoms with Crippen LogP contribution in [0.25, 0.3) is 0 Å². The van der Waals surface area contributed by atoms with Crippen molar-refractivity contribution < 1.29 is 9.53 Å². The van der Waals surface area contributed by atoms with E-state index in [-0.39, 0.29) is 16.9 Å². The van der Waals surface area contributed by atoms with Gasteiger partial charge in [0, 0.05) is 11.5 Å². The summed E-state index contributed by atoms with van der Waals surface area (Å²) >= 11 is 6.10. The Hall–Kier alpha value is -2.01. The van der Waals surface area contributed by atoms with Crippen LogP contribution in [-0.2, 0) is 15.7 Å². The summed E-state index contributed by atoms with van der Waals surface area (Å²) < 4.78 is 7.55. The number of halogens is 1. The van der Waals surface area contributed by atoms with Gasteiger partial charge in [-0.05, 0) is 39.8 Å². The number of hydrogen-bond acceptors (Lipinski definition) is 3. The fraction of sp³-hybridized carbons (Fsp3) is 0.500. The van der Waals surface area contributed by atoms with Gasteiger partial charge in [-0.2, -0.15) is 5.10 Å². The maximum absolute atomic E-state index is 12.6. The third-order valence-electron chi connectivity index (χ3n) is 3.87. The zero-order valence-corrected chi connectivity index (χ0v) is 17.3. The lowest BCUT2D eigenvalue weighted by Crippen LogP contribution is -2.33. The highest BCUT2D eigenvalue weighted by molar-refractivity contribution is 6.32. The van der Waals surface area contributed by atoms with E-state index in [4.69, 9.17) is 21.4 Å². The molecule has 1 aromatic carbocycles. The van der Waals surface area contributed by atoms with Crippen molar-refractivity contribution in [2.75, 3.05) is 5.32 Å². The molecule has 0 saturated heterocycles. The number of rotatable bonds is 4. The maximum atomic E-state index is 12.6. The molecule has 0 bridgehead atoms. The molecule has 1 aromatic heterocycles. The Kier molecular flexibility index (Phi) is 5.71. The van der Waals surface area contributed by atoms with Crippen molar-refractivity contribution in [3.63, 3.8) is 0 Å². The van der Waals surface area contributed by atoms with Gasteiger partial charge in [-0.3, -0.25) is 4.79 Å². The number of hydrogen-bond donors (Lipinski definition) is 1. The Morgan fingerprint density at radius 2 is 1.81 bits per heavy atom. The number of para-hydroxylation sites is 1. The first kappa shape index (κ1) is 20.3. The molecule has 6 heteroatoms. The Morgan fingerprint density at radius 1 is 1.19 bits per heavy atom. The molecule has 0 radical (unpaired) electrons. The van der Waals surface area contributed by atoms with Gasteiger partial charge in [-0.25, -0.2) is 4.68 Å². The van der Waals surface area contributed by atoms with E-state index >= 15 is 0 Å². The van der Waals surface area contributed by atoms with Crippen LogP contribution in [-0.4, -0.2) is 21.8 Å². The van der Waals surface area contributed by atoms with E-state index < -0.39 is 6.10 Å². The Morgan fingerprint density at radius 3 is 2.35 bits per heavy atom. The zero-order chi connectivity index (χ0) is 19.7. The van der Waals surface area contributed by atoms with Crippen molar-refractivity contribution in [3.8, 4) is 5.75 Å². The average molecular weight is 378 g/mol. The normalized spacial score (nSPS) is 13.4. The molecular formula is C20H28ClN3O2. The van der Waals surface area contributed by atoms with Gasteiger partial charge in [0.2, 0.25) is 0 Å². The molecule has 1 amide bonds. The summed E-state index contributed by atoms with van der Waals surface area (Å²) in [7, 11) is 0. The number of ether oxygens (including phenoxy) is 1. The molecule has 142 valence electrons. The number of anilines is 1. The molecule has 1 heterocycles. The summed E-state index contributed by atoms with van der Waals surface area (Å²) in [5, 5.41) is 8.12. The van der Waals surface area contributed by atoms with Crippen LogP contribution in [0.2, 0.25) is 5.02 Å². The molecule has 1 atom stereocenters. The highest BCUT2D eigenvalue weighted by atomic mass is 35.5. The van der Waals surface area contributed by atoms with Gasteiger partial charge < -0.3 is 10.1 Å². The van der Waals surface area contributed by atoms with Crippen LogP contribution in [0.5, 0.6) is 5.75 Å². The van der Waals surface area contributed by atoms with E-state index in [9.17, 15) is 4.79 Å². The highest BCUT2D eigenvalue weighted by Crippen LogP contribution is 2.29. The molecule has 1 N–H and O–H groups in total. The summed E-state index contributed by atoms with van der Waals surface area (Å²) in [6.45, 7) is 14.1. The van der Waals surface area contributed by atoms with Crippen LogP contribution in [0.4, 0.5) is 5.82 Å². The van der Waals surface area contributed by atoms with Crippen molar-refractivity contribution in [3.05, 3.63) is 41.0 Å². The first-order chi connectivity index (χ1) is 11.9. The number of aromatic nitrogens is 2. The first-order valence-electron chi connectivity index (χ1n) is 8.72. The molecular weight excluding hydrogens is 350 g/mol. The minimum atomic E-state index is -0.698. The fourth-order valence-corrected chi connectivity index (χ4v) is 2.54. The van der Waals surface area contributed by atoms with E-state index in [2.05, 4.69) is 26.1 Å². The second-order valence-electron chi connectivity index (χ2n) is 8.43. The summed E-state index contributed by atoms with van der Waals surface area (Å²) in [6, 6.07) is 9.02. The van der Waals surface area contributed by atoms with Crippen molar-refractivity contribution in [2.24, 2.45) is 0 Å². The van der Waals surface area contributed by atoms with E-state index in [1.165, 1.54) is 0 Å². The zero-order valence-electron chi connectivity index (χ0n) is 16.6. The average Bonchev–Trinajstić information content (AvgIpc) is 2.93. The quantitative estimate of drug-likeness (QED) is 0.816. The lowest BCUT2D eigenvalue weighted by atomic mass is 9.92. The molecule has 0 aliphatic rings. The van der Waals surface area contributed by atoms with E-state index in [1.54, 1.807) is 19.1 Å². The second-order valence-corrected chi connectivity index (χ2v) is 8.83. The Balaban J connectivity index is 2.22. The molecule has 0 spiro atoms. The largest absolute Gasteiger partial charge is 0.479 e. The van der Waals surface area contributed by atoms with Crippen LogP contribution in [0.1, 0.15) is 54.2 Å². The minimum absolute atomic E-state index is 0.115. The summed E-state index contributed by atoms with van der Waals surface area (Å²) in [5.41, 5.74) is 0.539. The van der Waals surface area contributed by atoms with E-state index in [1.807, 2.05) is 43.7 Å². The van der Waals surface area contributed by atoms with Crippen molar-refractivity contribution >= 4 is 23.3 Å².